The molecule has 0 radical (unpaired) electrons. The number of nitrogens with two attached hydrogens (primary N) is 3. The first-order valence-electron chi connectivity index (χ1n) is 11.5. The third kappa shape index (κ3) is 11.0. The third-order valence-corrected chi connectivity index (χ3v) is 5.16. The predicted octanol–water partition coefficient (Wildman–Crippen LogP) is 5.19. The summed E-state index contributed by atoms with van der Waals surface area (Å²) in [5.41, 5.74) is 19.3. The lowest BCUT2D eigenvalue weighted by molar-refractivity contribution is -0.137. The molecule has 0 aliphatic carbocycles. The molecule has 0 fully saturated rings. The summed E-state index contributed by atoms with van der Waals surface area (Å²) < 4.78 is 0. The van der Waals surface area contributed by atoms with Gasteiger partial charge in [-0.1, -0.05) is 51.5 Å². The quantitative estimate of drug-likeness (QED) is 0.302. The Labute approximate surface area is 189 Å². The zero-order valence-corrected chi connectivity index (χ0v) is 20.8. The number of aliphatic carboxylic acids is 1. The highest BCUT2D eigenvalue weighted by Crippen LogP contribution is 2.40. The minimum atomic E-state index is -0.697. The van der Waals surface area contributed by atoms with Crippen molar-refractivity contribution >= 4 is 5.97 Å². The van der Waals surface area contributed by atoms with Crippen molar-refractivity contribution in [2.24, 2.45) is 17.2 Å². The Kier molecular flexibility index (Phi) is 11.8. The number of unbranched alkanes of at least 4 members (excludes halogenated alkanes) is 6. The van der Waals surface area contributed by atoms with Gasteiger partial charge in [0.25, 0.3) is 0 Å². The summed E-state index contributed by atoms with van der Waals surface area (Å²) in [5, 5.41) is 18.6. The van der Waals surface area contributed by atoms with Crippen LogP contribution in [0.15, 0.2) is 12.1 Å². The van der Waals surface area contributed by atoms with Crippen molar-refractivity contribution in [2.45, 2.75) is 116 Å². The second-order valence-corrected chi connectivity index (χ2v) is 10.3. The zero-order chi connectivity index (χ0) is 24.5. The molecule has 0 unspecified atom stereocenters. The smallest absolute Gasteiger partial charge is 0.303 e. The molecule has 6 heteroatoms. The van der Waals surface area contributed by atoms with Gasteiger partial charge in [0.05, 0.1) is 0 Å². The van der Waals surface area contributed by atoms with Crippen molar-refractivity contribution in [1.82, 2.24) is 0 Å². The van der Waals surface area contributed by atoms with Crippen molar-refractivity contribution in [3.8, 4) is 5.75 Å². The fraction of sp³-hybridized carbons (Fsp3) is 0.720. The molecule has 8 N–H and O–H groups in total. The number of rotatable bonds is 11. The molecule has 0 aliphatic rings. The van der Waals surface area contributed by atoms with Crippen LogP contribution >= 0.6 is 0 Å². The van der Waals surface area contributed by atoms with Gasteiger partial charge in [0, 0.05) is 28.6 Å². The van der Waals surface area contributed by atoms with Gasteiger partial charge in [-0.2, -0.15) is 0 Å². The van der Waals surface area contributed by atoms with E-state index >= 15 is 0 Å². The van der Waals surface area contributed by atoms with Crippen LogP contribution in [0.1, 0.15) is 117 Å². The lowest BCUT2D eigenvalue weighted by Gasteiger charge is -2.36. The summed E-state index contributed by atoms with van der Waals surface area (Å²) in [7, 11) is 0. The van der Waals surface area contributed by atoms with Crippen LogP contribution in [0.3, 0.4) is 0 Å². The van der Waals surface area contributed by atoms with E-state index in [1.54, 1.807) is 6.07 Å². The second-order valence-electron chi connectivity index (χ2n) is 10.3. The summed E-state index contributed by atoms with van der Waals surface area (Å²) in [6.45, 7) is 13.5. The Balaban J connectivity index is 0.000000649. The molecule has 31 heavy (non-hydrogen) atoms. The number of phenolic OH excluding ortho intramolecular Hbond substituents is 1. The van der Waals surface area contributed by atoms with E-state index in [1.807, 2.05) is 47.6 Å². The van der Waals surface area contributed by atoms with E-state index in [4.69, 9.17) is 22.3 Å². The highest BCUT2D eigenvalue weighted by Gasteiger charge is 2.34. The first-order chi connectivity index (χ1) is 14.0. The lowest BCUT2D eigenvalue weighted by atomic mass is 9.75. The molecule has 6 nitrogen and oxygen atoms in total. The fourth-order valence-electron chi connectivity index (χ4n) is 3.68. The van der Waals surface area contributed by atoms with E-state index in [0.717, 1.165) is 24.0 Å². The lowest BCUT2D eigenvalue weighted by Crippen LogP contribution is -2.41. The average Bonchev–Trinajstić information content (AvgIpc) is 2.58. The second kappa shape index (κ2) is 12.4. The Hall–Kier alpha value is -1.63. The van der Waals surface area contributed by atoms with Gasteiger partial charge in [-0.3, -0.25) is 4.79 Å². The van der Waals surface area contributed by atoms with Gasteiger partial charge < -0.3 is 27.4 Å². The standard InChI is InChI=1S/C15H27N3O.C10H20O2/c1-13(2,16)9-7-8-10(19)12(15(5,6)18)11(9)14(3,4)17;1-2-3-4-5-6-7-8-9-10(11)12/h7-8,19H,16-18H2,1-6H3;2-9H2,1H3,(H,11,12). The van der Waals surface area contributed by atoms with E-state index in [2.05, 4.69) is 6.92 Å². The number of carbonyl (C=O) groups is 1. The van der Waals surface area contributed by atoms with E-state index in [-0.39, 0.29) is 5.75 Å². The van der Waals surface area contributed by atoms with Gasteiger partial charge >= 0.3 is 5.97 Å². The normalized spacial score (nSPS) is 12.3. The van der Waals surface area contributed by atoms with Crippen molar-refractivity contribution in [1.29, 1.82) is 0 Å². The minimum absolute atomic E-state index is 0.161. The Morgan fingerprint density at radius 2 is 1.23 bits per heavy atom. The third-order valence-electron chi connectivity index (χ3n) is 5.16. The molecule has 180 valence electrons. The molecule has 0 aliphatic heterocycles. The predicted molar refractivity (Wildman–Crippen MR) is 130 cm³/mol. The Morgan fingerprint density at radius 1 is 0.774 bits per heavy atom. The molecular weight excluding hydrogens is 390 g/mol. The number of benzene rings is 1. The van der Waals surface area contributed by atoms with Gasteiger partial charge in [-0.15, -0.1) is 0 Å². The van der Waals surface area contributed by atoms with Crippen LogP contribution in [0, 0.1) is 0 Å². The van der Waals surface area contributed by atoms with Crippen molar-refractivity contribution in [3.05, 3.63) is 28.8 Å². The first kappa shape index (κ1) is 29.4. The number of hydrogen-bond acceptors (Lipinski definition) is 5. The summed E-state index contributed by atoms with van der Waals surface area (Å²) in [6.07, 6.45) is 8.64. The molecule has 0 bridgehead atoms. The Bertz CT molecular complexity index is 681. The van der Waals surface area contributed by atoms with E-state index in [9.17, 15) is 9.90 Å². The van der Waals surface area contributed by atoms with Crippen molar-refractivity contribution in [2.75, 3.05) is 0 Å². The number of hydrogen-bond donors (Lipinski definition) is 5. The summed E-state index contributed by atoms with van der Waals surface area (Å²) in [4.78, 5) is 10.1. The van der Waals surface area contributed by atoms with Gasteiger partial charge in [-0.05, 0) is 65.2 Å². The van der Waals surface area contributed by atoms with Crippen LogP contribution in [0.4, 0.5) is 0 Å². The van der Waals surface area contributed by atoms with Crippen molar-refractivity contribution < 1.29 is 15.0 Å². The molecule has 0 saturated carbocycles. The number of carboxylic acid groups (broad SMARTS) is 1. The van der Waals surface area contributed by atoms with Crippen LogP contribution < -0.4 is 17.2 Å². The molecule has 0 saturated heterocycles. The largest absolute Gasteiger partial charge is 0.508 e. The number of phenols is 1. The molecule has 1 rings (SSSR count). The van der Waals surface area contributed by atoms with Gasteiger partial charge in [-0.25, -0.2) is 0 Å². The molecule has 0 spiro atoms. The van der Waals surface area contributed by atoms with Gasteiger partial charge in [0.15, 0.2) is 0 Å². The van der Waals surface area contributed by atoms with E-state index in [1.165, 1.54) is 32.1 Å². The maximum atomic E-state index is 10.2. The SMILES string of the molecule is CC(C)(N)c1ccc(O)c(C(C)(C)N)c1C(C)(C)N.CCCCCCCCCC(=O)O. The molecule has 1 aromatic rings. The van der Waals surface area contributed by atoms with Gasteiger partial charge in [0.2, 0.25) is 0 Å². The molecule has 0 amide bonds. The first-order valence-corrected chi connectivity index (χ1v) is 11.5. The summed E-state index contributed by atoms with van der Waals surface area (Å²) in [5.74, 6) is -0.502. The van der Waals surface area contributed by atoms with E-state index in [0.29, 0.717) is 12.0 Å². The molecule has 1 aromatic carbocycles. The van der Waals surface area contributed by atoms with Crippen molar-refractivity contribution in [3.63, 3.8) is 0 Å². The molecule has 0 aromatic heterocycles. The summed E-state index contributed by atoms with van der Waals surface area (Å²) in [6, 6.07) is 3.47. The zero-order valence-electron chi connectivity index (χ0n) is 20.8. The molecule has 0 heterocycles. The highest BCUT2D eigenvalue weighted by atomic mass is 16.4. The maximum Gasteiger partial charge on any atom is 0.303 e. The topological polar surface area (TPSA) is 136 Å². The average molecular weight is 438 g/mol. The maximum absolute atomic E-state index is 10.2. The highest BCUT2D eigenvalue weighted by molar-refractivity contribution is 5.66. The molecule has 0 atom stereocenters. The van der Waals surface area contributed by atoms with E-state index < -0.39 is 22.6 Å². The van der Waals surface area contributed by atoms with Crippen LogP contribution in [-0.2, 0) is 21.4 Å². The summed E-state index contributed by atoms with van der Waals surface area (Å²) >= 11 is 0. The molecular formula is C25H47N3O3. The number of aromatic hydroxyl groups is 1. The van der Waals surface area contributed by atoms with Gasteiger partial charge in [0.1, 0.15) is 5.75 Å². The minimum Gasteiger partial charge on any atom is -0.508 e. The van der Waals surface area contributed by atoms with Crippen LogP contribution in [0.25, 0.3) is 0 Å². The number of carboxylic acids is 1. The monoisotopic (exact) mass is 437 g/mol. The fourth-order valence-corrected chi connectivity index (χ4v) is 3.68. The van der Waals surface area contributed by atoms with Crippen LogP contribution in [-0.4, -0.2) is 16.2 Å². The van der Waals surface area contributed by atoms with Crippen LogP contribution in [0.5, 0.6) is 5.75 Å². The Morgan fingerprint density at radius 3 is 1.61 bits per heavy atom. The van der Waals surface area contributed by atoms with Crippen LogP contribution in [0.2, 0.25) is 0 Å².